The minimum atomic E-state index is 0.807. The van der Waals surface area contributed by atoms with Crippen molar-refractivity contribution in [3.63, 3.8) is 0 Å². The van der Waals surface area contributed by atoms with Crippen LogP contribution < -0.4 is 10.1 Å². The fourth-order valence-electron chi connectivity index (χ4n) is 2.07. The number of unbranched alkanes of at least 4 members (excludes halogenated alkanes) is 1. The SMILES string of the molecule is CCCCOc1ccc(CNCCCn2cccn2)cc1. The van der Waals surface area contributed by atoms with Gasteiger partial charge in [0.2, 0.25) is 0 Å². The van der Waals surface area contributed by atoms with E-state index in [-0.39, 0.29) is 0 Å². The number of benzene rings is 1. The second-order valence-corrected chi connectivity index (χ2v) is 5.15. The van der Waals surface area contributed by atoms with Gasteiger partial charge in [0.25, 0.3) is 0 Å². The fraction of sp³-hybridized carbons (Fsp3) is 0.471. The van der Waals surface area contributed by atoms with Gasteiger partial charge in [0.1, 0.15) is 5.75 Å². The second-order valence-electron chi connectivity index (χ2n) is 5.15. The molecule has 0 aliphatic rings. The lowest BCUT2D eigenvalue weighted by Crippen LogP contribution is -2.16. The minimum Gasteiger partial charge on any atom is -0.494 e. The van der Waals surface area contributed by atoms with Crippen LogP contribution in [0.25, 0.3) is 0 Å². The highest BCUT2D eigenvalue weighted by atomic mass is 16.5. The first kappa shape index (κ1) is 15.6. The first-order valence-corrected chi connectivity index (χ1v) is 7.78. The summed E-state index contributed by atoms with van der Waals surface area (Å²) >= 11 is 0. The lowest BCUT2D eigenvalue weighted by molar-refractivity contribution is 0.309. The van der Waals surface area contributed by atoms with Crippen LogP contribution in [0.3, 0.4) is 0 Å². The molecule has 21 heavy (non-hydrogen) atoms. The van der Waals surface area contributed by atoms with Gasteiger partial charge in [0.15, 0.2) is 0 Å². The van der Waals surface area contributed by atoms with Crippen LogP contribution in [0.2, 0.25) is 0 Å². The molecule has 4 nitrogen and oxygen atoms in total. The van der Waals surface area contributed by atoms with E-state index in [2.05, 4.69) is 41.6 Å². The molecule has 0 unspecified atom stereocenters. The van der Waals surface area contributed by atoms with Crippen molar-refractivity contribution in [1.82, 2.24) is 15.1 Å². The standard InChI is InChI=1S/C17H25N3O/c1-2-3-14-21-17-8-6-16(7-9-17)15-18-10-4-12-20-13-5-11-19-20/h5-9,11,13,18H,2-4,10,12,14-15H2,1H3. The Balaban J connectivity index is 1.59. The van der Waals surface area contributed by atoms with E-state index in [0.717, 1.165) is 44.8 Å². The molecule has 0 aliphatic carbocycles. The highest BCUT2D eigenvalue weighted by Crippen LogP contribution is 2.12. The molecule has 1 N–H and O–H groups in total. The summed E-state index contributed by atoms with van der Waals surface area (Å²) in [5.74, 6) is 0.964. The molecular formula is C17H25N3O. The maximum absolute atomic E-state index is 5.66. The van der Waals surface area contributed by atoms with Crippen LogP contribution in [0.15, 0.2) is 42.7 Å². The number of hydrogen-bond acceptors (Lipinski definition) is 3. The first-order valence-electron chi connectivity index (χ1n) is 7.78. The van der Waals surface area contributed by atoms with Crippen molar-refractivity contribution < 1.29 is 4.74 Å². The molecule has 0 saturated heterocycles. The Bertz CT molecular complexity index is 479. The number of nitrogens with one attached hydrogen (secondary N) is 1. The molecule has 0 saturated carbocycles. The van der Waals surface area contributed by atoms with E-state index < -0.39 is 0 Å². The van der Waals surface area contributed by atoms with Crippen LogP contribution in [0.1, 0.15) is 31.7 Å². The quantitative estimate of drug-likeness (QED) is 0.682. The topological polar surface area (TPSA) is 39.1 Å². The van der Waals surface area contributed by atoms with Crippen LogP contribution in [0, 0.1) is 0 Å². The number of rotatable bonds is 10. The fourth-order valence-corrected chi connectivity index (χ4v) is 2.07. The Morgan fingerprint density at radius 2 is 2.05 bits per heavy atom. The maximum Gasteiger partial charge on any atom is 0.119 e. The van der Waals surface area contributed by atoms with Crippen molar-refractivity contribution in [1.29, 1.82) is 0 Å². The van der Waals surface area contributed by atoms with Crippen LogP contribution in [-0.4, -0.2) is 22.9 Å². The molecule has 4 heteroatoms. The maximum atomic E-state index is 5.66. The van der Waals surface area contributed by atoms with E-state index in [9.17, 15) is 0 Å². The third-order valence-corrected chi connectivity index (χ3v) is 3.32. The smallest absolute Gasteiger partial charge is 0.119 e. The van der Waals surface area contributed by atoms with Gasteiger partial charge in [-0.15, -0.1) is 0 Å². The average molecular weight is 287 g/mol. The molecule has 0 atom stereocenters. The Kier molecular flexibility index (Phi) is 6.81. The highest BCUT2D eigenvalue weighted by molar-refractivity contribution is 5.27. The molecule has 0 amide bonds. The summed E-state index contributed by atoms with van der Waals surface area (Å²) in [6, 6.07) is 10.3. The zero-order valence-corrected chi connectivity index (χ0v) is 12.8. The van der Waals surface area contributed by atoms with Gasteiger partial charge in [-0.1, -0.05) is 25.5 Å². The Morgan fingerprint density at radius 3 is 2.76 bits per heavy atom. The van der Waals surface area contributed by atoms with Crippen LogP contribution in [0.4, 0.5) is 0 Å². The summed E-state index contributed by atoms with van der Waals surface area (Å²) in [7, 11) is 0. The average Bonchev–Trinajstić information content (AvgIpc) is 3.02. The number of hydrogen-bond donors (Lipinski definition) is 1. The lowest BCUT2D eigenvalue weighted by Gasteiger charge is -2.08. The summed E-state index contributed by atoms with van der Waals surface area (Å²) in [6.07, 6.45) is 7.18. The molecule has 0 spiro atoms. The van der Waals surface area contributed by atoms with Gasteiger partial charge in [-0.05, 0) is 43.1 Å². The van der Waals surface area contributed by atoms with Crippen molar-refractivity contribution in [2.24, 2.45) is 0 Å². The zero-order chi connectivity index (χ0) is 14.8. The predicted molar refractivity (Wildman–Crippen MR) is 85.4 cm³/mol. The molecule has 2 aromatic rings. The van der Waals surface area contributed by atoms with E-state index >= 15 is 0 Å². The lowest BCUT2D eigenvalue weighted by atomic mass is 10.2. The van der Waals surface area contributed by atoms with E-state index in [1.807, 2.05) is 23.1 Å². The van der Waals surface area contributed by atoms with Crippen molar-refractivity contribution >= 4 is 0 Å². The molecule has 1 aromatic heterocycles. The van der Waals surface area contributed by atoms with Crippen LogP contribution in [-0.2, 0) is 13.1 Å². The highest BCUT2D eigenvalue weighted by Gasteiger charge is 1.96. The molecule has 0 radical (unpaired) electrons. The van der Waals surface area contributed by atoms with E-state index in [1.54, 1.807) is 0 Å². The number of nitrogens with zero attached hydrogens (tertiary/aromatic N) is 2. The van der Waals surface area contributed by atoms with Crippen molar-refractivity contribution in [3.8, 4) is 5.75 Å². The summed E-state index contributed by atoms with van der Waals surface area (Å²) in [6.45, 7) is 5.83. The van der Waals surface area contributed by atoms with Gasteiger partial charge in [-0.3, -0.25) is 4.68 Å². The summed E-state index contributed by atoms with van der Waals surface area (Å²) < 4.78 is 7.62. The Hall–Kier alpha value is -1.81. The molecule has 1 aromatic carbocycles. The summed E-state index contributed by atoms with van der Waals surface area (Å²) in [5.41, 5.74) is 1.29. The predicted octanol–water partition coefficient (Wildman–Crippen LogP) is 3.24. The van der Waals surface area contributed by atoms with Gasteiger partial charge < -0.3 is 10.1 Å². The zero-order valence-electron chi connectivity index (χ0n) is 12.8. The van der Waals surface area contributed by atoms with E-state index in [0.29, 0.717) is 0 Å². The molecule has 114 valence electrons. The largest absolute Gasteiger partial charge is 0.494 e. The van der Waals surface area contributed by atoms with Gasteiger partial charge in [0, 0.05) is 25.5 Å². The monoisotopic (exact) mass is 287 g/mol. The Labute approximate surface area is 127 Å². The number of ether oxygens (including phenoxy) is 1. The molecule has 0 fully saturated rings. The van der Waals surface area contributed by atoms with Crippen LogP contribution in [0.5, 0.6) is 5.75 Å². The molecule has 0 aliphatic heterocycles. The molecule has 1 heterocycles. The third-order valence-electron chi connectivity index (χ3n) is 3.32. The van der Waals surface area contributed by atoms with Crippen molar-refractivity contribution in [3.05, 3.63) is 48.3 Å². The van der Waals surface area contributed by atoms with E-state index in [1.165, 1.54) is 12.0 Å². The third kappa shape index (κ3) is 6.00. The normalized spacial score (nSPS) is 10.7. The van der Waals surface area contributed by atoms with Gasteiger partial charge in [-0.25, -0.2) is 0 Å². The first-order chi connectivity index (χ1) is 10.4. The summed E-state index contributed by atoms with van der Waals surface area (Å²) in [5, 5.41) is 7.64. The molecular weight excluding hydrogens is 262 g/mol. The van der Waals surface area contributed by atoms with E-state index in [4.69, 9.17) is 4.74 Å². The van der Waals surface area contributed by atoms with Gasteiger partial charge in [0.05, 0.1) is 6.61 Å². The van der Waals surface area contributed by atoms with Gasteiger partial charge >= 0.3 is 0 Å². The number of aromatic nitrogens is 2. The van der Waals surface area contributed by atoms with Crippen LogP contribution >= 0.6 is 0 Å². The second kappa shape index (κ2) is 9.19. The molecule has 0 bridgehead atoms. The van der Waals surface area contributed by atoms with Crippen molar-refractivity contribution in [2.75, 3.05) is 13.2 Å². The Morgan fingerprint density at radius 1 is 1.19 bits per heavy atom. The van der Waals surface area contributed by atoms with Crippen molar-refractivity contribution in [2.45, 2.75) is 39.3 Å². The molecule has 2 rings (SSSR count). The number of aryl methyl sites for hydroxylation is 1. The minimum absolute atomic E-state index is 0.807. The van der Waals surface area contributed by atoms with Gasteiger partial charge in [-0.2, -0.15) is 5.10 Å². The summed E-state index contributed by atoms with van der Waals surface area (Å²) in [4.78, 5) is 0.